The first-order chi connectivity index (χ1) is 8.08. The molecule has 0 saturated heterocycles. The number of benzene rings is 1. The van der Waals surface area contributed by atoms with Crippen molar-refractivity contribution in [2.45, 2.75) is 13.8 Å². The van der Waals surface area contributed by atoms with E-state index in [1.807, 2.05) is 0 Å². The molecule has 0 unspecified atom stereocenters. The summed E-state index contributed by atoms with van der Waals surface area (Å²) in [6.45, 7) is 3.51. The predicted molar refractivity (Wildman–Crippen MR) is 58.9 cm³/mol. The number of nitrogens with zero attached hydrogens (tertiary/aromatic N) is 2. The molecule has 0 saturated carbocycles. The lowest BCUT2D eigenvalue weighted by molar-refractivity contribution is 0.0905. The Labute approximate surface area is 97.5 Å². The lowest BCUT2D eigenvalue weighted by Gasteiger charge is -1.97. The fourth-order valence-electron chi connectivity index (χ4n) is 1.28. The topological polar surface area (TPSA) is 56.0 Å². The number of rotatable bonds is 3. The van der Waals surface area contributed by atoms with Gasteiger partial charge in [0.1, 0.15) is 5.82 Å². The van der Waals surface area contributed by atoms with Gasteiger partial charge in [-0.1, -0.05) is 13.8 Å². The summed E-state index contributed by atoms with van der Waals surface area (Å²) in [6.07, 6.45) is 0. The molecule has 2 aromatic rings. The van der Waals surface area contributed by atoms with E-state index in [0.29, 0.717) is 5.56 Å². The van der Waals surface area contributed by atoms with Gasteiger partial charge in [0, 0.05) is 11.5 Å². The first-order valence-corrected chi connectivity index (χ1v) is 5.21. The lowest BCUT2D eigenvalue weighted by atomic mass is 10.1. The van der Waals surface area contributed by atoms with Crippen LogP contribution in [0.4, 0.5) is 4.39 Å². The van der Waals surface area contributed by atoms with Crippen LogP contribution >= 0.6 is 0 Å². The highest BCUT2D eigenvalue weighted by Gasteiger charge is 2.18. The number of Topliss-reactive ketones (excluding diaryl/α,β-unsaturated/α-hetero) is 1. The first-order valence-electron chi connectivity index (χ1n) is 5.21. The molecular formula is C12H11FN2O2. The normalized spacial score (nSPS) is 10.8. The number of halogens is 1. The van der Waals surface area contributed by atoms with Gasteiger partial charge in [0.25, 0.3) is 5.89 Å². The summed E-state index contributed by atoms with van der Waals surface area (Å²) in [7, 11) is 0. The zero-order chi connectivity index (χ0) is 12.4. The molecule has 0 amide bonds. The van der Waals surface area contributed by atoms with Gasteiger partial charge < -0.3 is 4.42 Å². The summed E-state index contributed by atoms with van der Waals surface area (Å²) in [5.41, 5.74) is 0.585. The molecular weight excluding hydrogens is 223 g/mol. The standard InChI is InChI=1S/C12H11FN2O2/c1-7(2)10(16)12-15-14-11(17-12)8-3-5-9(13)6-4-8/h3-7H,1-2H3. The minimum Gasteiger partial charge on any atom is -0.414 e. The van der Waals surface area contributed by atoms with Crippen LogP contribution in [0.2, 0.25) is 0 Å². The highest BCUT2D eigenvalue weighted by molar-refractivity contribution is 5.93. The second-order valence-electron chi connectivity index (χ2n) is 3.94. The van der Waals surface area contributed by atoms with Gasteiger partial charge in [0.2, 0.25) is 11.7 Å². The second kappa shape index (κ2) is 4.45. The van der Waals surface area contributed by atoms with Crippen molar-refractivity contribution < 1.29 is 13.6 Å². The molecule has 0 aliphatic carbocycles. The Kier molecular flexibility index (Phi) is 2.99. The van der Waals surface area contributed by atoms with Crippen molar-refractivity contribution in [2.24, 2.45) is 5.92 Å². The van der Waals surface area contributed by atoms with Crippen molar-refractivity contribution in [1.29, 1.82) is 0 Å². The number of aromatic nitrogens is 2. The van der Waals surface area contributed by atoms with Crippen LogP contribution in [-0.2, 0) is 0 Å². The van der Waals surface area contributed by atoms with Crippen molar-refractivity contribution in [2.75, 3.05) is 0 Å². The zero-order valence-electron chi connectivity index (χ0n) is 9.48. The lowest BCUT2D eigenvalue weighted by Crippen LogP contribution is -2.07. The van der Waals surface area contributed by atoms with Crippen LogP contribution in [0.3, 0.4) is 0 Å². The van der Waals surface area contributed by atoms with Crippen LogP contribution in [0.5, 0.6) is 0 Å². The average molecular weight is 234 g/mol. The summed E-state index contributed by atoms with van der Waals surface area (Å²) in [5.74, 6) is -0.539. The van der Waals surface area contributed by atoms with Gasteiger partial charge in [-0.2, -0.15) is 0 Å². The number of hydrogen-bond acceptors (Lipinski definition) is 4. The molecule has 0 N–H and O–H groups in total. The molecule has 1 heterocycles. The smallest absolute Gasteiger partial charge is 0.284 e. The van der Waals surface area contributed by atoms with Crippen molar-refractivity contribution in [3.05, 3.63) is 36.0 Å². The van der Waals surface area contributed by atoms with E-state index >= 15 is 0 Å². The minimum atomic E-state index is -0.341. The fourth-order valence-corrected chi connectivity index (χ4v) is 1.28. The Morgan fingerprint density at radius 3 is 2.47 bits per heavy atom. The maximum atomic E-state index is 12.7. The molecule has 0 radical (unpaired) electrons. The van der Waals surface area contributed by atoms with E-state index in [4.69, 9.17) is 4.42 Å². The molecule has 5 heteroatoms. The van der Waals surface area contributed by atoms with E-state index in [-0.39, 0.29) is 29.3 Å². The van der Waals surface area contributed by atoms with Gasteiger partial charge in [-0.25, -0.2) is 4.39 Å². The number of ketones is 1. The van der Waals surface area contributed by atoms with Crippen molar-refractivity contribution in [3.63, 3.8) is 0 Å². The first kappa shape index (κ1) is 11.4. The quantitative estimate of drug-likeness (QED) is 0.766. The molecule has 0 aliphatic rings. The van der Waals surface area contributed by atoms with Crippen molar-refractivity contribution in [1.82, 2.24) is 10.2 Å². The van der Waals surface area contributed by atoms with Crippen LogP contribution in [0.1, 0.15) is 24.5 Å². The minimum absolute atomic E-state index is 0.0145. The Hall–Kier alpha value is -2.04. The SMILES string of the molecule is CC(C)C(=O)c1nnc(-c2ccc(F)cc2)o1. The van der Waals surface area contributed by atoms with E-state index < -0.39 is 0 Å². The third-order valence-corrected chi connectivity index (χ3v) is 2.25. The molecule has 0 bridgehead atoms. The number of carbonyl (C=O) groups is 1. The summed E-state index contributed by atoms with van der Waals surface area (Å²) in [6, 6.07) is 5.63. The van der Waals surface area contributed by atoms with Crippen LogP contribution < -0.4 is 0 Å². The Bertz CT molecular complexity index is 532. The molecule has 4 nitrogen and oxygen atoms in total. The third kappa shape index (κ3) is 2.38. The summed E-state index contributed by atoms with van der Waals surface area (Å²) < 4.78 is 18.0. The number of hydrogen-bond donors (Lipinski definition) is 0. The maximum absolute atomic E-state index is 12.7. The largest absolute Gasteiger partial charge is 0.414 e. The van der Waals surface area contributed by atoms with E-state index in [0.717, 1.165) is 0 Å². The van der Waals surface area contributed by atoms with E-state index in [1.165, 1.54) is 24.3 Å². The van der Waals surface area contributed by atoms with Gasteiger partial charge >= 0.3 is 0 Å². The maximum Gasteiger partial charge on any atom is 0.284 e. The molecule has 0 spiro atoms. The molecule has 1 aromatic carbocycles. The van der Waals surface area contributed by atoms with Crippen LogP contribution in [-0.4, -0.2) is 16.0 Å². The van der Waals surface area contributed by atoms with Crippen LogP contribution in [0.25, 0.3) is 11.5 Å². The molecule has 0 atom stereocenters. The fraction of sp³-hybridized carbons (Fsp3) is 0.250. The third-order valence-electron chi connectivity index (χ3n) is 2.25. The van der Waals surface area contributed by atoms with Crippen LogP contribution in [0, 0.1) is 11.7 Å². The summed E-state index contributed by atoms with van der Waals surface area (Å²) in [5, 5.41) is 7.44. The van der Waals surface area contributed by atoms with E-state index in [1.54, 1.807) is 13.8 Å². The average Bonchev–Trinajstić information content (AvgIpc) is 2.78. The molecule has 2 rings (SSSR count). The van der Waals surface area contributed by atoms with Gasteiger partial charge in [-0.3, -0.25) is 4.79 Å². The Morgan fingerprint density at radius 1 is 1.24 bits per heavy atom. The molecule has 88 valence electrons. The number of carbonyl (C=O) groups excluding carboxylic acids is 1. The molecule has 0 aliphatic heterocycles. The highest BCUT2D eigenvalue weighted by Crippen LogP contribution is 2.19. The summed E-state index contributed by atoms with van der Waals surface area (Å²) in [4.78, 5) is 11.6. The zero-order valence-corrected chi connectivity index (χ0v) is 9.48. The van der Waals surface area contributed by atoms with Gasteiger partial charge in [-0.15, -0.1) is 10.2 Å². The van der Waals surface area contributed by atoms with Crippen LogP contribution in [0.15, 0.2) is 28.7 Å². The molecule has 0 fully saturated rings. The summed E-state index contributed by atoms with van der Waals surface area (Å²) >= 11 is 0. The van der Waals surface area contributed by atoms with Crippen molar-refractivity contribution >= 4 is 5.78 Å². The monoisotopic (exact) mass is 234 g/mol. The Balaban J connectivity index is 2.30. The Morgan fingerprint density at radius 2 is 1.88 bits per heavy atom. The molecule has 17 heavy (non-hydrogen) atoms. The van der Waals surface area contributed by atoms with Crippen molar-refractivity contribution in [3.8, 4) is 11.5 Å². The van der Waals surface area contributed by atoms with Gasteiger partial charge in [0.05, 0.1) is 0 Å². The second-order valence-corrected chi connectivity index (χ2v) is 3.94. The molecule has 1 aromatic heterocycles. The highest BCUT2D eigenvalue weighted by atomic mass is 19.1. The van der Waals surface area contributed by atoms with E-state index in [2.05, 4.69) is 10.2 Å². The van der Waals surface area contributed by atoms with Gasteiger partial charge in [-0.05, 0) is 24.3 Å². The predicted octanol–water partition coefficient (Wildman–Crippen LogP) is 2.71. The van der Waals surface area contributed by atoms with E-state index in [9.17, 15) is 9.18 Å². The van der Waals surface area contributed by atoms with Gasteiger partial charge in [0.15, 0.2) is 0 Å².